The molecule has 0 spiro atoms. The van der Waals surface area contributed by atoms with Gasteiger partial charge in [0.2, 0.25) is 0 Å². The minimum absolute atomic E-state index is 0.0219. The highest BCUT2D eigenvalue weighted by atomic mass is 79.9. The summed E-state index contributed by atoms with van der Waals surface area (Å²) in [7, 11) is 3.57. The molecule has 0 aliphatic heterocycles. The van der Waals surface area contributed by atoms with E-state index in [0.717, 1.165) is 26.8 Å². The lowest BCUT2D eigenvalue weighted by Gasteiger charge is -2.02. The van der Waals surface area contributed by atoms with Crippen LogP contribution in [0.1, 0.15) is 5.69 Å². The van der Waals surface area contributed by atoms with Crippen LogP contribution in [0.25, 0.3) is 10.9 Å². The Morgan fingerprint density at radius 2 is 2.20 bits per heavy atom. The number of hydrogen-bond donors (Lipinski definition) is 1. The Kier molecular flexibility index (Phi) is 2.71. The van der Waals surface area contributed by atoms with Gasteiger partial charge in [0.05, 0.1) is 24.9 Å². The fourth-order valence-electron chi connectivity index (χ4n) is 1.73. The second kappa shape index (κ2) is 3.87. The molecule has 2 rings (SSSR count). The van der Waals surface area contributed by atoms with Crippen LogP contribution >= 0.6 is 15.9 Å². The normalized spacial score (nSPS) is 10.9. The molecule has 1 heterocycles. The molecule has 0 aliphatic rings. The maximum atomic E-state index is 9.24. The van der Waals surface area contributed by atoms with Crippen molar-refractivity contribution in [2.24, 2.45) is 7.05 Å². The molecule has 0 saturated heterocycles. The Hall–Kier alpha value is -1.00. The van der Waals surface area contributed by atoms with E-state index in [4.69, 9.17) is 4.74 Å². The number of ether oxygens (including phenoxy) is 1. The van der Waals surface area contributed by atoms with E-state index in [1.54, 1.807) is 7.11 Å². The van der Waals surface area contributed by atoms with Gasteiger partial charge < -0.3 is 14.4 Å². The van der Waals surface area contributed by atoms with E-state index in [0.29, 0.717) is 0 Å². The summed E-state index contributed by atoms with van der Waals surface area (Å²) in [5.74, 6) is 0.820. The van der Waals surface area contributed by atoms with Gasteiger partial charge >= 0.3 is 0 Å². The molecule has 0 radical (unpaired) electrons. The number of aliphatic hydroxyl groups excluding tert-OH is 1. The number of halogens is 1. The molecule has 1 aromatic carbocycles. The number of benzene rings is 1. The van der Waals surface area contributed by atoms with Crippen molar-refractivity contribution in [3.05, 3.63) is 28.4 Å². The first kappa shape index (κ1) is 10.5. The van der Waals surface area contributed by atoms with Gasteiger partial charge in [-0.05, 0) is 28.1 Å². The predicted octanol–water partition coefficient (Wildman–Crippen LogP) is 2.44. The number of fused-ring (bicyclic) bond motifs is 1. The van der Waals surface area contributed by atoms with E-state index in [1.165, 1.54) is 0 Å². The van der Waals surface area contributed by atoms with Crippen LogP contribution < -0.4 is 4.74 Å². The average Bonchev–Trinajstić information content (AvgIpc) is 2.51. The molecule has 2 aromatic rings. The van der Waals surface area contributed by atoms with Gasteiger partial charge in [-0.15, -0.1) is 0 Å². The highest BCUT2D eigenvalue weighted by molar-refractivity contribution is 9.10. The molecule has 0 fully saturated rings. The Morgan fingerprint density at radius 1 is 1.47 bits per heavy atom. The number of rotatable bonds is 2. The number of aliphatic hydroxyl groups is 1. The van der Waals surface area contributed by atoms with Gasteiger partial charge in [0.25, 0.3) is 0 Å². The smallest absolute Gasteiger partial charge is 0.120 e. The summed E-state index contributed by atoms with van der Waals surface area (Å²) < 4.78 is 8.08. The molecular formula is C11H12BrNO2. The minimum Gasteiger partial charge on any atom is -0.497 e. The topological polar surface area (TPSA) is 34.4 Å². The Balaban J connectivity index is 2.77. The zero-order valence-corrected chi connectivity index (χ0v) is 10.2. The van der Waals surface area contributed by atoms with Crippen molar-refractivity contribution >= 4 is 26.8 Å². The molecule has 0 unspecified atom stereocenters. The summed E-state index contributed by atoms with van der Waals surface area (Å²) >= 11 is 3.49. The number of nitrogens with zero attached hydrogens (tertiary/aromatic N) is 1. The van der Waals surface area contributed by atoms with E-state index in [1.807, 2.05) is 29.8 Å². The molecule has 0 amide bonds. The Labute approximate surface area is 96.4 Å². The summed E-state index contributed by atoms with van der Waals surface area (Å²) in [6.07, 6.45) is 0. The molecule has 4 heteroatoms. The second-order valence-electron chi connectivity index (χ2n) is 3.36. The van der Waals surface area contributed by atoms with Gasteiger partial charge in [-0.1, -0.05) is 0 Å². The largest absolute Gasteiger partial charge is 0.497 e. The fourth-order valence-corrected chi connectivity index (χ4v) is 2.45. The lowest BCUT2D eigenvalue weighted by molar-refractivity contribution is 0.272. The maximum Gasteiger partial charge on any atom is 0.120 e. The predicted molar refractivity (Wildman–Crippen MR) is 63.1 cm³/mol. The first-order valence-corrected chi connectivity index (χ1v) is 5.40. The van der Waals surface area contributed by atoms with E-state index in [2.05, 4.69) is 15.9 Å². The maximum absolute atomic E-state index is 9.24. The van der Waals surface area contributed by atoms with E-state index < -0.39 is 0 Å². The lowest BCUT2D eigenvalue weighted by Crippen LogP contribution is -1.95. The van der Waals surface area contributed by atoms with E-state index in [9.17, 15) is 5.11 Å². The Bertz CT molecular complexity index is 505. The third-order valence-corrected chi connectivity index (χ3v) is 3.50. The number of methoxy groups -OCH3 is 1. The summed E-state index contributed by atoms with van der Waals surface area (Å²) in [5.41, 5.74) is 1.92. The summed E-state index contributed by atoms with van der Waals surface area (Å²) in [6, 6.07) is 5.85. The second-order valence-corrected chi connectivity index (χ2v) is 4.15. The van der Waals surface area contributed by atoms with Crippen molar-refractivity contribution in [2.45, 2.75) is 6.61 Å². The van der Waals surface area contributed by atoms with Crippen LogP contribution in [0.2, 0.25) is 0 Å². The number of aryl methyl sites for hydroxylation is 1. The van der Waals surface area contributed by atoms with Crippen molar-refractivity contribution < 1.29 is 9.84 Å². The van der Waals surface area contributed by atoms with Crippen LogP contribution in [0, 0.1) is 0 Å². The molecule has 15 heavy (non-hydrogen) atoms. The SMILES string of the molecule is COc1ccc2c(Br)c(CO)n(C)c2c1. The minimum atomic E-state index is 0.0219. The zero-order valence-electron chi connectivity index (χ0n) is 8.62. The van der Waals surface area contributed by atoms with Crippen LogP contribution in [-0.2, 0) is 13.7 Å². The highest BCUT2D eigenvalue weighted by Crippen LogP contribution is 2.32. The molecule has 0 aliphatic carbocycles. The van der Waals surface area contributed by atoms with Crippen molar-refractivity contribution in [3.63, 3.8) is 0 Å². The molecular weight excluding hydrogens is 258 g/mol. The van der Waals surface area contributed by atoms with Gasteiger partial charge in [-0.2, -0.15) is 0 Å². The highest BCUT2D eigenvalue weighted by Gasteiger charge is 2.12. The Morgan fingerprint density at radius 3 is 2.80 bits per heavy atom. The van der Waals surface area contributed by atoms with Crippen LogP contribution in [-0.4, -0.2) is 16.8 Å². The van der Waals surface area contributed by atoms with Crippen molar-refractivity contribution in [1.29, 1.82) is 0 Å². The number of aromatic nitrogens is 1. The van der Waals surface area contributed by atoms with Crippen LogP contribution in [0.4, 0.5) is 0 Å². The van der Waals surface area contributed by atoms with Crippen LogP contribution in [0.3, 0.4) is 0 Å². The molecule has 0 bridgehead atoms. The lowest BCUT2D eigenvalue weighted by atomic mass is 10.2. The van der Waals surface area contributed by atoms with Gasteiger partial charge in [0, 0.05) is 23.0 Å². The van der Waals surface area contributed by atoms with Crippen LogP contribution in [0.15, 0.2) is 22.7 Å². The zero-order chi connectivity index (χ0) is 11.0. The molecule has 0 saturated carbocycles. The molecule has 3 nitrogen and oxygen atoms in total. The first-order valence-electron chi connectivity index (χ1n) is 4.60. The van der Waals surface area contributed by atoms with Gasteiger partial charge in [0.15, 0.2) is 0 Å². The molecule has 80 valence electrons. The molecule has 0 atom stereocenters. The van der Waals surface area contributed by atoms with Gasteiger partial charge in [-0.3, -0.25) is 0 Å². The number of hydrogen-bond acceptors (Lipinski definition) is 2. The summed E-state index contributed by atoms with van der Waals surface area (Å²) in [6.45, 7) is 0.0219. The average molecular weight is 270 g/mol. The summed E-state index contributed by atoms with van der Waals surface area (Å²) in [5, 5.41) is 10.3. The summed E-state index contributed by atoms with van der Waals surface area (Å²) in [4.78, 5) is 0. The quantitative estimate of drug-likeness (QED) is 0.909. The third kappa shape index (κ3) is 1.54. The molecule has 1 aromatic heterocycles. The van der Waals surface area contributed by atoms with Gasteiger partial charge in [-0.25, -0.2) is 0 Å². The van der Waals surface area contributed by atoms with Crippen molar-refractivity contribution in [1.82, 2.24) is 4.57 Å². The fraction of sp³-hybridized carbons (Fsp3) is 0.273. The first-order chi connectivity index (χ1) is 7.19. The van der Waals surface area contributed by atoms with Crippen LogP contribution in [0.5, 0.6) is 5.75 Å². The monoisotopic (exact) mass is 269 g/mol. The van der Waals surface area contributed by atoms with Crippen molar-refractivity contribution in [3.8, 4) is 5.75 Å². The van der Waals surface area contributed by atoms with Crippen molar-refractivity contribution in [2.75, 3.05) is 7.11 Å². The molecule has 1 N–H and O–H groups in total. The van der Waals surface area contributed by atoms with E-state index in [-0.39, 0.29) is 6.61 Å². The van der Waals surface area contributed by atoms with Gasteiger partial charge in [0.1, 0.15) is 5.75 Å². The van der Waals surface area contributed by atoms with E-state index >= 15 is 0 Å². The standard InChI is InChI=1S/C11H12BrNO2/c1-13-9-5-7(15-2)3-4-8(9)11(12)10(13)6-14/h3-5,14H,6H2,1-2H3. The third-order valence-electron chi connectivity index (χ3n) is 2.61.